The van der Waals surface area contributed by atoms with Gasteiger partial charge in [0.25, 0.3) is 5.91 Å². The largest absolute Gasteiger partial charge is 0.346 e. The molecule has 0 saturated heterocycles. The first-order valence-corrected chi connectivity index (χ1v) is 9.67. The van der Waals surface area contributed by atoms with Crippen LogP contribution in [0.5, 0.6) is 0 Å². The van der Waals surface area contributed by atoms with Gasteiger partial charge in [0.05, 0.1) is 11.4 Å². The summed E-state index contributed by atoms with van der Waals surface area (Å²) in [7, 11) is 0. The molecule has 0 atom stereocenters. The summed E-state index contributed by atoms with van der Waals surface area (Å²) in [5.41, 5.74) is 2.38. The van der Waals surface area contributed by atoms with Crippen LogP contribution in [0.25, 0.3) is 17.1 Å². The standard InChI is InChI=1S/C22H16ClF2N5O/c1-13-10-16(7-8-18(13)25)30-21(19-4-2-3-9-26-19)20(28-29-30)22(31)27-12-14-5-6-15(24)11-17(14)23/h2-11H,12H2,1H3,(H,27,31). The number of rotatable bonds is 5. The third-order valence-electron chi connectivity index (χ3n) is 4.63. The fraction of sp³-hybridized carbons (Fsp3) is 0.0909. The molecule has 0 fully saturated rings. The zero-order valence-electron chi connectivity index (χ0n) is 16.3. The first-order chi connectivity index (χ1) is 14.9. The zero-order valence-corrected chi connectivity index (χ0v) is 17.1. The van der Waals surface area contributed by atoms with Gasteiger partial charge in [-0.05, 0) is 60.5 Å². The first-order valence-electron chi connectivity index (χ1n) is 9.30. The van der Waals surface area contributed by atoms with Crippen molar-refractivity contribution in [3.63, 3.8) is 0 Å². The predicted molar refractivity (Wildman–Crippen MR) is 112 cm³/mol. The van der Waals surface area contributed by atoms with E-state index < -0.39 is 11.7 Å². The minimum atomic E-state index is -0.508. The van der Waals surface area contributed by atoms with Crippen molar-refractivity contribution in [2.24, 2.45) is 0 Å². The lowest BCUT2D eigenvalue weighted by Gasteiger charge is -2.10. The van der Waals surface area contributed by atoms with Gasteiger partial charge in [-0.3, -0.25) is 9.78 Å². The van der Waals surface area contributed by atoms with Crippen LogP contribution >= 0.6 is 11.6 Å². The summed E-state index contributed by atoms with van der Waals surface area (Å²) in [5, 5.41) is 11.1. The van der Waals surface area contributed by atoms with Crippen LogP contribution in [0.2, 0.25) is 5.02 Å². The average molecular weight is 440 g/mol. The Kier molecular flexibility index (Phi) is 5.73. The van der Waals surface area contributed by atoms with Gasteiger partial charge in [0.15, 0.2) is 5.69 Å². The second-order valence-corrected chi connectivity index (χ2v) is 7.17. The molecule has 1 N–H and O–H groups in total. The van der Waals surface area contributed by atoms with Crippen molar-refractivity contribution in [1.82, 2.24) is 25.3 Å². The lowest BCUT2D eigenvalue weighted by atomic mass is 10.1. The molecule has 6 nitrogen and oxygen atoms in total. The number of pyridine rings is 1. The van der Waals surface area contributed by atoms with Gasteiger partial charge < -0.3 is 5.32 Å². The Bertz CT molecular complexity index is 1260. The maximum atomic E-state index is 13.7. The number of benzene rings is 2. The molecule has 0 radical (unpaired) electrons. The Morgan fingerprint density at radius 2 is 1.97 bits per heavy atom. The molecule has 0 bridgehead atoms. The predicted octanol–water partition coefficient (Wildman–Crippen LogP) is 4.50. The molecule has 0 aliphatic carbocycles. The fourth-order valence-corrected chi connectivity index (χ4v) is 3.27. The van der Waals surface area contributed by atoms with E-state index >= 15 is 0 Å². The molecule has 0 aliphatic heterocycles. The van der Waals surface area contributed by atoms with Crippen LogP contribution < -0.4 is 5.32 Å². The topological polar surface area (TPSA) is 72.7 Å². The summed E-state index contributed by atoms with van der Waals surface area (Å²) in [6, 6.07) is 13.7. The number of nitrogens with zero attached hydrogens (tertiary/aromatic N) is 4. The van der Waals surface area contributed by atoms with Crippen LogP contribution in [0.4, 0.5) is 8.78 Å². The maximum absolute atomic E-state index is 13.7. The molecule has 0 spiro atoms. The summed E-state index contributed by atoms with van der Waals surface area (Å²) >= 11 is 6.03. The Morgan fingerprint density at radius 3 is 2.68 bits per heavy atom. The highest BCUT2D eigenvalue weighted by Gasteiger charge is 2.23. The van der Waals surface area contributed by atoms with Gasteiger partial charge in [-0.1, -0.05) is 28.9 Å². The van der Waals surface area contributed by atoms with E-state index in [0.29, 0.717) is 28.2 Å². The van der Waals surface area contributed by atoms with E-state index in [1.807, 2.05) is 0 Å². The molecule has 0 aliphatic rings. The van der Waals surface area contributed by atoms with Crippen molar-refractivity contribution >= 4 is 17.5 Å². The summed E-state index contributed by atoms with van der Waals surface area (Å²) in [5.74, 6) is -1.32. The molecule has 2 aromatic carbocycles. The van der Waals surface area contributed by atoms with Gasteiger partial charge in [0.2, 0.25) is 0 Å². The molecular formula is C22H16ClF2N5O. The van der Waals surface area contributed by atoms with E-state index in [1.165, 1.54) is 28.9 Å². The number of halogens is 3. The fourth-order valence-electron chi connectivity index (χ4n) is 3.03. The maximum Gasteiger partial charge on any atom is 0.274 e. The van der Waals surface area contributed by atoms with Crippen LogP contribution in [0.1, 0.15) is 21.6 Å². The molecule has 2 aromatic heterocycles. The van der Waals surface area contributed by atoms with Crippen LogP contribution in [0, 0.1) is 18.6 Å². The van der Waals surface area contributed by atoms with Crippen molar-refractivity contribution in [1.29, 1.82) is 0 Å². The average Bonchev–Trinajstić information content (AvgIpc) is 3.21. The Morgan fingerprint density at radius 1 is 1.13 bits per heavy atom. The summed E-state index contributed by atoms with van der Waals surface area (Å²) in [6.07, 6.45) is 1.59. The lowest BCUT2D eigenvalue weighted by Crippen LogP contribution is -2.24. The quantitative estimate of drug-likeness (QED) is 0.497. The highest BCUT2D eigenvalue weighted by Crippen LogP contribution is 2.25. The number of hydrogen-bond acceptors (Lipinski definition) is 4. The van der Waals surface area contributed by atoms with Crippen molar-refractivity contribution in [2.45, 2.75) is 13.5 Å². The number of hydrogen-bond donors (Lipinski definition) is 1. The molecular weight excluding hydrogens is 424 g/mol. The van der Waals surface area contributed by atoms with Crippen LogP contribution in [-0.2, 0) is 6.54 Å². The Hall–Kier alpha value is -3.65. The van der Waals surface area contributed by atoms with Gasteiger partial charge in [-0.25, -0.2) is 13.5 Å². The van der Waals surface area contributed by atoms with Crippen molar-refractivity contribution in [3.05, 3.63) is 94.3 Å². The van der Waals surface area contributed by atoms with Crippen molar-refractivity contribution in [3.8, 4) is 17.1 Å². The molecule has 31 heavy (non-hydrogen) atoms. The summed E-state index contributed by atoms with van der Waals surface area (Å²) in [4.78, 5) is 17.2. The third-order valence-corrected chi connectivity index (χ3v) is 4.99. The molecule has 156 valence electrons. The van der Waals surface area contributed by atoms with Crippen molar-refractivity contribution < 1.29 is 13.6 Å². The Balaban J connectivity index is 1.71. The monoisotopic (exact) mass is 439 g/mol. The van der Waals surface area contributed by atoms with E-state index in [-0.39, 0.29) is 23.1 Å². The number of aryl methyl sites for hydroxylation is 1. The number of nitrogens with one attached hydrogen (secondary N) is 1. The first kappa shape index (κ1) is 20.6. The van der Waals surface area contributed by atoms with Crippen LogP contribution in [0.3, 0.4) is 0 Å². The SMILES string of the molecule is Cc1cc(-n2nnc(C(=O)NCc3ccc(F)cc3Cl)c2-c2ccccn2)ccc1F. The third kappa shape index (κ3) is 4.29. The van der Waals surface area contributed by atoms with E-state index in [1.54, 1.807) is 43.5 Å². The second kappa shape index (κ2) is 8.61. The number of amides is 1. The highest BCUT2D eigenvalue weighted by atomic mass is 35.5. The van der Waals surface area contributed by atoms with E-state index in [2.05, 4.69) is 20.6 Å². The molecule has 2 heterocycles. The molecule has 9 heteroatoms. The summed E-state index contributed by atoms with van der Waals surface area (Å²) < 4.78 is 28.4. The van der Waals surface area contributed by atoms with Crippen LogP contribution in [-0.4, -0.2) is 25.9 Å². The number of carbonyl (C=O) groups is 1. The smallest absolute Gasteiger partial charge is 0.274 e. The number of carbonyl (C=O) groups excluding carboxylic acids is 1. The van der Waals surface area contributed by atoms with E-state index in [9.17, 15) is 13.6 Å². The van der Waals surface area contributed by atoms with Crippen molar-refractivity contribution in [2.75, 3.05) is 0 Å². The van der Waals surface area contributed by atoms with Gasteiger partial charge in [0.1, 0.15) is 17.3 Å². The van der Waals surface area contributed by atoms with Gasteiger partial charge in [0, 0.05) is 17.8 Å². The van der Waals surface area contributed by atoms with Crippen LogP contribution in [0.15, 0.2) is 60.8 Å². The van der Waals surface area contributed by atoms with E-state index in [0.717, 1.165) is 0 Å². The summed E-state index contributed by atoms with van der Waals surface area (Å²) in [6.45, 7) is 1.71. The van der Waals surface area contributed by atoms with Gasteiger partial charge >= 0.3 is 0 Å². The Labute approximate surface area is 181 Å². The molecule has 1 amide bonds. The lowest BCUT2D eigenvalue weighted by molar-refractivity contribution is 0.0946. The number of aromatic nitrogens is 4. The molecule has 4 rings (SSSR count). The van der Waals surface area contributed by atoms with Gasteiger partial charge in [-0.2, -0.15) is 0 Å². The molecule has 0 saturated carbocycles. The normalized spacial score (nSPS) is 10.8. The molecule has 4 aromatic rings. The zero-order chi connectivity index (χ0) is 22.0. The van der Waals surface area contributed by atoms with E-state index in [4.69, 9.17) is 11.6 Å². The van der Waals surface area contributed by atoms with Gasteiger partial charge in [-0.15, -0.1) is 5.10 Å². The minimum absolute atomic E-state index is 0.0407. The minimum Gasteiger partial charge on any atom is -0.346 e. The highest BCUT2D eigenvalue weighted by molar-refractivity contribution is 6.31. The second-order valence-electron chi connectivity index (χ2n) is 6.77. The molecule has 0 unspecified atom stereocenters.